The van der Waals surface area contributed by atoms with Crippen molar-refractivity contribution in [2.75, 3.05) is 12.3 Å². The predicted molar refractivity (Wildman–Crippen MR) is 63.9 cm³/mol. The molecular formula is C10H13F2N3O3S. The number of aromatic nitrogens is 2. The molecule has 0 amide bonds. The van der Waals surface area contributed by atoms with Gasteiger partial charge in [-0.05, 0) is 19.1 Å². The average Bonchev–Trinajstić information content (AvgIpc) is 2.56. The van der Waals surface area contributed by atoms with Crippen LogP contribution in [0.5, 0.6) is 0 Å². The Hall–Kier alpha value is -1.16. The van der Waals surface area contributed by atoms with Crippen molar-refractivity contribution >= 4 is 18.0 Å². The molecule has 2 rings (SSSR count). The standard InChI is InChI=1S/C10H13F2N3O3S/c1-10(12)6(17)5(3-16)18-8(10)15-2-4(11)7(13)14-9(15)19/h2,5-6,8,16-17H,3H2,1H3,(H2,13,14,19)/t5-,6?,8-,10-/m1/s1. The number of hydrogen-bond donors (Lipinski definition) is 3. The van der Waals surface area contributed by atoms with E-state index in [1.807, 2.05) is 0 Å². The highest BCUT2D eigenvalue weighted by Crippen LogP contribution is 2.41. The summed E-state index contributed by atoms with van der Waals surface area (Å²) in [6.07, 6.45) is -3.22. The summed E-state index contributed by atoms with van der Waals surface area (Å²) in [5, 5.41) is 18.7. The second-order valence-corrected chi connectivity index (χ2v) is 4.83. The molecule has 9 heteroatoms. The van der Waals surface area contributed by atoms with Crippen LogP contribution in [0.2, 0.25) is 0 Å². The molecule has 1 aliphatic rings. The van der Waals surface area contributed by atoms with E-state index < -0.39 is 42.3 Å². The lowest BCUT2D eigenvalue weighted by Gasteiger charge is -2.25. The first-order valence-electron chi connectivity index (χ1n) is 5.46. The van der Waals surface area contributed by atoms with Crippen molar-refractivity contribution < 1.29 is 23.7 Å². The monoisotopic (exact) mass is 293 g/mol. The largest absolute Gasteiger partial charge is 0.394 e. The van der Waals surface area contributed by atoms with Crippen LogP contribution in [0.15, 0.2) is 6.20 Å². The second kappa shape index (κ2) is 4.75. The highest BCUT2D eigenvalue weighted by molar-refractivity contribution is 7.71. The van der Waals surface area contributed by atoms with Gasteiger partial charge in [0.15, 0.2) is 23.5 Å². The maximum absolute atomic E-state index is 14.5. The van der Waals surface area contributed by atoms with E-state index in [0.29, 0.717) is 0 Å². The number of aliphatic hydroxyl groups excluding tert-OH is 2. The van der Waals surface area contributed by atoms with Crippen LogP contribution < -0.4 is 5.73 Å². The Labute approximate surface area is 112 Å². The maximum atomic E-state index is 14.5. The van der Waals surface area contributed by atoms with Crippen molar-refractivity contribution in [1.29, 1.82) is 0 Å². The summed E-state index contributed by atoms with van der Waals surface area (Å²) in [5.74, 6) is -1.28. The minimum Gasteiger partial charge on any atom is -0.394 e. The Morgan fingerprint density at radius 1 is 1.68 bits per heavy atom. The van der Waals surface area contributed by atoms with Crippen molar-refractivity contribution in [1.82, 2.24) is 9.55 Å². The first kappa shape index (κ1) is 14.3. The SMILES string of the molecule is C[C@@]1(F)C(O)[C@@H](CO)O[C@H]1n1cc(F)c(N)nc1=S. The minimum absolute atomic E-state index is 0.182. The number of anilines is 1. The zero-order chi connectivity index (χ0) is 14.4. The molecule has 1 saturated heterocycles. The van der Waals surface area contributed by atoms with Crippen LogP contribution in [-0.4, -0.2) is 44.2 Å². The fraction of sp³-hybridized carbons (Fsp3) is 0.600. The van der Waals surface area contributed by atoms with Gasteiger partial charge in [-0.2, -0.15) is 4.98 Å². The van der Waals surface area contributed by atoms with Crippen molar-refractivity contribution in [3.63, 3.8) is 0 Å². The number of ether oxygens (including phenoxy) is 1. The molecule has 106 valence electrons. The molecule has 6 nitrogen and oxygen atoms in total. The Morgan fingerprint density at radius 2 is 2.32 bits per heavy atom. The van der Waals surface area contributed by atoms with Gasteiger partial charge in [-0.3, -0.25) is 4.57 Å². The zero-order valence-corrected chi connectivity index (χ0v) is 10.8. The molecule has 4 atom stereocenters. The molecule has 1 unspecified atom stereocenters. The Kier molecular flexibility index (Phi) is 3.56. The first-order valence-corrected chi connectivity index (χ1v) is 5.87. The van der Waals surface area contributed by atoms with Gasteiger partial charge in [0.05, 0.1) is 6.61 Å². The van der Waals surface area contributed by atoms with Gasteiger partial charge >= 0.3 is 0 Å². The fourth-order valence-electron chi connectivity index (χ4n) is 1.99. The molecule has 0 saturated carbocycles. The lowest BCUT2D eigenvalue weighted by Crippen LogP contribution is -2.40. The first-order chi connectivity index (χ1) is 8.78. The number of alkyl halides is 1. The number of halogens is 2. The molecule has 2 heterocycles. The summed E-state index contributed by atoms with van der Waals surface area (Å²) in [6.45, 7) is 0.503. The van der Waals surface area contributed by atoms with Gasteiger partial charge in [-0.15, -0.1) is 0 Å². The molecule has 4 N–H and O–H groups in total. The Balaban J connectivity index is 2.48. The lowest BCUT2D eigenvalue weighted by atomic mass is 9.98. The smallest absolute Gasteiger partial charge is 0.203 e. The summed E-state index contributed by atoms with van der Waals surface area (Å²) in [4.78, 5) is 3.55. The highest BCUT2D eigenvalue weighted by Gasteiger charge is 2.54. The van der Waals surface area contributed by atoms with Crippen LogP contribution in [0.3, 0.4) is 0 Å². The minimum atomic E-state index is -2.25. The molecule has 1 fully saturated rings. The van der Waals surface area contributed by atoms with Crippen LogP contribution >= 0.6 is 12.2 Å². The van der Waals surface area contributed by atoms with E-state index in [2.05, 4.69) is 4.98 Å². The van der Waals surface area contributed by atoms with E-state index in [4.69, 9.17) is 27.8 Å². The van der Waals surface area contributed by atoms with Crippen LogP contribution in [0, 0.1) is 10.6 Å². The Bertz CT molecular complexity index is 551. The number of rotatable bonds is 2. The third-order valence-electron chi connectivity index (χ3n) is 3.08. The van der Waals surface area contributed by atoms with E-state index in [1.165, 1.54) is 0 Å². The normalized spacial score (nSPS) is 34.7. The van der Waals surface area contributed by atoms with Gasteiger partial charge in [0.2, 0.25) is 4.77 Å². The molecule has 0 bridgehead atoms. The second-order valence-electron chi connectivity index (χ2n) is 4.47. The van der Waals surface area contributed by atoms with Crippen molar-refractivity contribution in [3.8, 4) is 0 Å². The summed E-state index contributed by atoms with van der Waals surface area (Å²) in [7, 11) is 0. The van der Waals surface area contributed by atoms with Gasteiger partial charge in [-0.1, -0.05) is 0 Å². The predicted octanol–water partition coefficient (Wildman–Crippen LogP) is 0.313. The average molecular weight is 293 g/mol. The van der Waals surface area contributed by atoms with Gasteiger partial charge < -0.3 is 20.7 Å². The number of hydrogen-bond acceptors (Lipinski definition) is 6. The third kappa shape index (κ3) is 2.22. The summed E-state index contributed by atoms with van der Waals surface area (Å²) >= 11 is 4.87. The van der Waals surface area contributed by atoms with Crippen molar-refractivity contribution in [3.05, 3.63) is 16.8 Å². The molecule has 19 heavy (non-hydrogen) atoms. The lowest BCUT2D eigenvalue weighted by molar-refractivity contribution is -0.0604. The van der Waals surface area contributed by atoms with Gasteiger partial charge in [-0.25, -0.2) is 8.78 Å². The van der Waals surface area contributed by atoms with E-state index >= 15 is 0 Å². The summed E-state index contributed by atoms with van der Waals surface area (Å²) in [6, 6.07) is 0. The van der Waals surface area contributed by atoms with Crippen molar-refractivity contribution in [2.45, 2.75) is 31.0 Å². The molecule has 1 aromatic rings. The Morgan fingerprint density at radius 3 is 2.84 bits per heavy atom. The number of nitrogen functional groups attached to an aromatic ring is 1. The molecule has 0 radical (unpaired) electrons. The maximum Gasteiger partial charge on any atom is 0.203 e. The van der Waals surface area contributed by atoms with Crippen LogP contribution in [0.25, 0.3) is 0 Å². The molecular weight excluding hydrogens is 280 g/mol. The van der Waals surface area contributed by atoms with Crippen LogP contribution in [0.1, 0.15) is 13.2 Å². The van der Waals surface area contributed by atoms with Crippen molar-refractivity contribution in [2.24, 2.45) is 0 Å². The quantitative estimate of drug-likeness (QED) is 0.680. The van der Waals surface area contributed by atoms with Gasteiger partial charge in [0.1, 0.15) is 12.2 Å². The zero-order valence-electron chi connectivity index (χ0n) is 9.96. The summed E-state index contributed by atoms with van der Waals surface area (Å²) < 4.78 is 33.8. The molecule has 1 aromatic heterocycles. The van der Waals surface area contributed by atoms with E-state index in [1.54, 1.807) is 0 Å². The topological polar surface area (TPSA) is 93.5 Å². The third-order valence-corrected chi connectivity index (χ3v) is 3.39. The number of nitrogens with zero attached hydrogens (tertiary/aromatic N) is 2. The van der Waals surface area contributed by atoms with Gasteiger partial charge in [0, 0.05) is 6.20 Å². The molecule has 0 spiro atoms. The van der Waals surface area contributed by atoms with E-state index in [-0.39, 0.29) is 4.77 Å². The summed E-state index contributed by atoms with van der Waals surface area (Å²) in [5.41, 5.74) is 2.99. The number of aliphatic hydroxyl groups is 2. The van der Waals surface area contributed by atoms with Crippen LogP contribution in [-0.2, 0) is 4.74 Å². The van der Waals surface area contributed by atoms with E-state index in [0.717, 1.165) is 17.7 Å². The fourth-order valence-corrected chi connectivity index (χ4v) is 2.24. The molecule has 0 aromatic carbocycles. The molecule has 0 aliphatic carbocycles. The van der Waals surface area contributed by atoms with Gasteiger partial charge in [0.25, 0.3) is 0 Å². The molecule has 1 aliphatic heterocycles. The highest BCUT2D eigenvalue weighted by atomic mass is 32.1. The van der Waals surface area contributed by atoms with Crippen LogP contribution in [0.4, 0.5) is 14.6 Å². The van der Waals surface area contributed by atoms with E-state index in [9.17, 15) is 13.9 Å². The number of nitrogens with two attached hydrogens (primary N) is 1.